The molecule has 3 rings (SSSR count). The monoisotopic (exact) mass is 359 g/mol. The smallest absolute Gasteiger partial charge is 0.408 e. The molecular formula is C21H29NO4. The van der Waals surface area contributed by atoms with Gasteiger partial charge in [-0.25, -0.2) is 4.79 Å². The van der Waals surface area contributed by atoms with Crippen LogP contribution in [-0.2, 0) is 22.4 Å². The molecule has 2 aliphatic carbocycles. The molecule has 26 heavy (non-hydrogen) atoms. The number of rotatable bonds is 5. The summed E-state index contributed by atoms with van der Waals surface area (Å²) in [5.74, 6) is 0.936. The van der Waals surface area contributed by atoms with E-state index in [4.69, 9.17) is 9.47 Å². The number of hydrogen-bond donors (Lipinski definition) is 1. The third kappa shape index (κ3) is 4.02. The zero-order valence-electron chi connectivity index (χ0n) is 16.4. The average Bonchev–Trinajstić information content (AvgIpc) is 3.13. The average molecular weight is 359 g/mol. The SMILES string of the molecule is Cc1cc(OCC2(NC(=O)OC(C)(C)C)CC2)c(C)c2c1CC(C=O)C2. The summed E-state index contributed by atoms with van der Waals surface area (Å²) in [6.45, 7) is 10.1. The van der Waals surface area contributed by atoms with E-state index < -0.39 is 11.7 Å². The van der Waals surface area contributed by atoms with Crippen molar-refractivity contribution >= 4 is 12.4 Å². The molecule has 1 atom stereocenters. The maximum atomic E-state index is 12.0. The van der Waals surface area contributed by atoms with Crippen molar-refractivity contribution in [1.82, 2.24) is 5.32 Å². The van der Waals surface area contributed by atoms with Crippen molar-refractivity contribution in [1.29, 1.82) is 0 Å². The second kappa shape index (κ2) is 6.60. The lowest BCUT2D eigenvalue weighted by Gasteiger charge is -2.24. The number of carbonyl (C=O) groups is 2. The van der Waals surface area contributed by atoms with E-state index in [1.807, 2.05) is 20.8 Å². The number of amides is 1. The number of nitrogens with one attached hydrogen (secondary N) is 1. The third-order valence-corrected chi connectivity index (χ3v) is 5.26. The molecule has 1 saturated carbocycles. The minimum atomic E-state index is -0.510. The van der Waals surface area contributed by atoms with Gasteiger partial charge in [0.1, 0.15) is 24.2 Å². The number of ether oxygens (including phenoxy) is 2. The Morgan fingerprint density at radius 1 is 1.27 bits per heavy atom. The Kier molecular flexibility index (Phi) is 4.76. The van der Waals surface area contributed by atoms with Gasteiger partial charge in [-0.2, -0.15) is 0 Å². The molecule has 5 heteroatoms. The van der Waals surface area contributed by atoms with Gasteiger partial charge in [0.05, 0.1) is 5.54 Å². The van der Waals surface area contributed by atoms with Crippen molar-refractivity contribution in [2.75, 3.05) is 6.61 Å². The van der Waals surface area contributed by atoms with Gasteiger partial charge in [0.2, 0.25) is 0 Å². The number of alkyl carbamates (subject to hydrolysis) is 1. The van der Waals surface area contributed by atoms with Crippen LogP contribution in [0.2, 0.25) is 0 Å². The summed E-state index contributed by atoms with van der Waals surface area (Å²) in [7, 11) is 0. The Hall–Kier alpha value is -2.04. The Morgan fingerprint density at radius 3 is 2.50 bits per heavy atom. The summed E-state index contributed by atoms with van der Waals surface area (Å²) in [5.41, 5.74) is 4.00. The third-order valence-electron chi connectivity index (χ3n) is 5.26. The van der Waals surface area contributed by atoms with E-state index in [1.165, 1.54) is 16.7 Å². The maximum absolute atomic E-state index is 12.0. The molecule has 0 radical (unpaired) electrons. The fourth-order valence-corrected chi connectivity index (χ4v) is 3.60. The van der Waals surface area contributed by atoms with E-state index in [0.29, 0.717) is 6.61 Å². The number of aldehydes is 1. The molecule has 1 amide bonds. The van der Waals surface area contributed by atoms with E-state index in [0.717, 1.165) is 43.3 Å². The van der Waals surface area contributed by atoms with Gasteiger partial charge in [0.15, 0.2) is 0 Å². The first-order valence-corrected chi connectivity index (χ1v) is 9.34. The Labute approximate surface area is 155 Å². The van der Waals surface area contributed by atoms with Gasteiger partial charge in [-0.1, -0.05) is 0 Å². The van der Waals surface area contributed by atoms with Gasteiger partial charge in [-0.15, -0.1) is 0 Å². The minimum Gasteiger partial charge on any atom is -0.491 e. The molecule has 0 spiro atoms. The van der Waals surface area contributed by atoms with Gasteiger partial charge in [-0.05, 0) is 88.6 Å². The molecular weight excluding hydrogens is 330 g/mol. The molecule has 0 aliphatic heterocycles. The number of hydrogen-bond acceptors (Lipinski definition) is 4. The highest BCUT2D eigenvalue weighted by Crippen LogP contribution is 2.39. The van der Waals surface area contributed by atoms with E-state index in [1.54, 1.807) is 0 Å². The lowest BCUT2D eigenvalue weighted by Crippen LogP contribution is -2.44. The molecule has 1 unspecified atom stereocenters. The van der Waals surface area contributed by atoms with Gasteiger partial charge in [0.25, 0.3) is 0 Å². The fourth-order valence-electron chi connectivity index (χ4n) is 3.60. The van der Waals surface area contributed by atoms with Crippen molar-refractivity contribution in [2.45, 2.75) is 71.4 Å². The van der Waals surface area contributed by atoms with E-state index >= 15 is 0 Å². The second-order valence-electron chi connectivity index (χ2n) is 8.77. The van der Waals surface area contributed by atoms with Crippen LogP contribution in [0.5, 0.6) is 5.75 Å². The van der Waals surface area contributed by atoms with Crippen molar-refractivity contribution in [3.05, 3.63) is 28.3 Å². The Bertz CT molecular complexity index is 729. The lowest BCUT2D eigenvalue weighted by atomic mass is 9.99. The minimum absolute atomic E-state index is 0.0845. The van der Waals surface area contributed by atoms with Crippen molar-refractivity contribution in [2.24, 2.45) is 5.92 Å². The van der Waals surface area contributed by atoms with Crippen LogP contribution < -0.4 is 10.1 Å². The van der Waals surface area contributed by atoms with E-state index in [2.05, 4.69) is 25.2 Å². The maximum Gasteiger partial charge on any atom is 0.408 e. The summed E-state index contributed by atoms with van der Waals surface area (Å²) in [5, 5.41) is 2.96. The van der Waals surface area contributed by atoms with Crippen LogP contribution in [0.25, 0.3) is 0 Å². The number of benzene rings is 1. The predicted molar refractivity (Wildman–Crippen MR) is 99.7 cm³/mol. The molecule has 0 saturated heterocycles. The molecule has 1 aromatic rings. The van der Waals surface area contributed by atoms with Gasteiger partial charge < -0.3 is 19.6 Å². The van der Waals surface area contributed by atoms with Gasteiger partial charge >= 0.3 is 6.09 Å². The highest BCUT2D eigenvalue weighted by molar-refractivity contribution is 5.69. The van der Waals surface area contributed by atoms with Crippen LogP contribution in [-0.4, -0.2) is 30.1 Å². The molecule has 0 bridgehead atoms. The molecule has 142 valence electrons. The van der Waals surface area contributed by atoms with Crippen molar-refractivity contribution < 1.29 is 19.1 Å². The van der Waals surface area contributed by atoms with Gasteiger partial charge in [0, 0.05) is 5.92 Å². The van der Waals surface area contributed by atoms with E-state index in [9.17, 15) is 9.59 Å². The molecule has 1 aromatic carbocycles. The molecule has 0 heterocycles. The second-order valence-corrected chi connectivity index (χ2v) is 8.77. The Balaban J connectivity index is 1.67. The quantitative estimate of drug-likeness (QED) is 0.815. The van der Waals surface area contributed by atoms with Crippen LogP contribution >= 0.6 is 0 Å². The van der Waals surface area contributed by atoms with Crippen molar-refractivity contribution in [3.8, 4) is 5.75 Å². The zero-order valence-corrected chi connectivity index (χ0v) is 16.4. The van der Waals surface area contributed by atoms with Crippen LogP contribution in [0.4, 0.5) is 4.79 Å². The van der Waals surface area contributed by atoms with Crippen LogP contribution in [0.1, 0.15) is 55.9 Å². The van der Waals surface area contributed by atoms with Crippen LogP contribution in [0.3, 0.4) is 0 Å². The molecule has 2 aliphatic rings. The molecule has 1 N–H and O–H groups in total. The first kappa shape index (κ1) is 18.7. The number of aryl methyl sites for hydroxylation is 1. The summed E-state index contributed by atoms with van der Waals surface area (Å²) in [6.07, 6.45) is 4.07. The first-order valence-electron chi connectivity index (χ1n) is 9.34. The molecule has 1 fully saturated rings. The van der Waals surface area contributed by atoms with E-state index in [-0.39, 0.29) is 11.5 Å². The lowest BCUT2D eigenvalue weighted by molar-refractivity contribution is -0.110. The summed E-state index contributed by atoms with van der Waals surface area (Å²) >= 11 is 0. The zero-order chi connectivity index (χ0) is 19.1. The summed E-state index contributed by atoms with van der Waals surface area (Å²) in [4.78, 5) is 23.2. The fraction of sp³-hybridized carbons (Fsp3) is 0.619. The highest BCUT2D eigenvalue weighted by atomic mass is 16.6. The van der Waals surface area contributed by atoms with Crippen LogP contribution in [0.15, 0.2) is 6.07 Å². The normalized spacial score (nSPS) is 20.3. The molecule has 5 nitrogen and oxygen atoms in total. The molecule has 0 aromatic heterocycles. The van der Waals surface area contributed by atoms with Gasteiger partial charge in [-0.3, -0.25) is 0 Å². The topological polar surface area (TPSA) is 64.6 Å². The standard InChI is InChI=1S/C21H29NO4/c1-13-8-18(14(2)17-10-15(11-23)9-16(13)17)25-12-21(6-7-21)22-19(24)26-20(3,4)5/h8,11,15H,6-7,9-10,12H2,1-5H3,(H,22,24). The van der Waals surface area contributed by atoms with Crippen molar-refractivity contribution in [3.63, 3.8) is 0 Å². The number of fused-ring (bicyclic) bond motifs is 1. The Morgan fingerprint density at radius 2 is 1.92 bits per heavy atom. The summed E-state index contributed by atoms with van der Waals surface area (Å²) in [6, 6.07) is 2.06. The highest BCUT2D eigenvalue weighted by Gasteiger charge is 2.46. The number of carbonyl (C=O) groups excluding carboxylic acids is 2. The first-order chi connectivity index (χ1) is 12.1. The largest absolute Gasteiger partial charge is 0.491 e. The van der Waals surface area contributed by atoms with Crippen LogP contribution in [0, 0.1) is 19.8 Å². The summed E-state index contributed by atoms with van der Waals surface area (Å²) < 4.78 is 11.5. The predicted octanol–water partition coefficient (Wildman–Crippen LogP) is 3.65.